The summed E-state index contributed by atoms with van der Waals surface area (Å²) in [5.41, 5.74) is 2.32. The first kappa shape index (κ1) is 14.4. The van der Waals surface area contributed by atoms with Gasteiger partial charge in [-0.25, -0.2) is 4.39 Å². The fourth-order valence-corrected chi connectivity index (χ4v) is 3.72. The van der Waals surface area contributed by atoms with Crippen LogP contribution in [0.1, 0.15) is 31.7 Å². The van der Waals surface area contributed by atoms with Crippen molar-refractivity contribution < 1.29 is 4.39 Å². The van der Waals surface area contributed by atoms with E-state index in [1.165, 1.54) is 5.56 Å². The molecule has 0 amide bonds. The maximum atomic E-state index is 13.4. The number of thioether (sulfide) groups is 1. The molecule has 1 aromatic carbocycles. The van der Waals surface area contributed by atoms with Crippen LogP contribution in [0.4, 0.5) is 4.39 Å². The lowest BCUT2D eigenvalue weighted by molar-refractivity contribution is 0.324. The minimum Gasteiger partial charge on any atom is -0.246 e. The molecule has 3 atom stereocenters. The van der Waals surface area contributed by atoms with Gasteiger partial charge in [0.2, 0.25) is 0 Å². The van der Waals surface area contributed by atoms with Crippen molar-refractivity contribution in [1.82, 2.24) is 0 Å². The number of allylic oxidation sites excluding steroid dienone is 2. The van der Waals surface area contributed by atoms with Gasteiger partial charge < -0.3 is 0 Å². The van der Waals surface area contributed by atoms with E-state index in [4.69, 9.17) is 0 Å². The van der Waals surface area contributed by atoms with E-state index in [1.807, 2.05) is 25.1 Å². The SMILES string of the molecule is C=C(/C=C/c1ccccc1)CCC1CC(F)C(C)S1. The van der Waals surface area contributed by atoms with Crippen molar-refractivity contribution in [3.63, 3.8) is 0 Å². The number of benzene rings is 1. The van der Waals surface area contributed by atoms with Crippen molar-refractivity contribution in [3.8, 4) is 0 Å². The highest BCUT2D eigenvalue weighted by atomic mass is 32.2. The number of rotatable bonds is 5. The maximum Gasteiger partial charge on any atom is 0.113 e. The largest absolute Gasteiger partial charge is 0.246 e. The molecule has 0 spiro atoms. The Bertz CT molecular complexity index is 428. The van der Waals surface area contributed by atoms with Gasteiger partial charge in [-0.3, -0.25) is 0 Å². The van der Waals surface area contributed by atoms with E-state index in [1.54, 1.807) is 11.8 Å². The highest BCUT2D eigenvalue weighted by molar-refractivity contribution is 8.00. The Kier molecular flexibility index (Phi) is 5.26. The topological polar surface area (TPSA) is 0 Å². The predicted molar refractivity (Wildman–Crippen MR) is 84.2 cm³/mol. The molecule has 1 heterocycles. The van der Waals surface area contributed by atoms with Crippen LogP contribution in [0.25, 0.3) is 6.08 Å². The lowest BCUT2D eigenvalue weighted by Gasteiger charge is -2.08. The van der Waals surface area contributed by atoms with Crippen molar-refractivity contribution in [2.45, 2.75) is 42.9 Å². The minimum atomic E-state index is -0.622. The first-order chi connectivity index (χ1) is 9.15. The molecule has 1 fully saturated rings. The van der Waals surface area contributed by atoms with E-state index in [2.05, 4.69) is 30.9 Å². The van der Waals surface area contributed by atoms with Crippen LogP contribution >= 0.6 is 11.8 Å². The average Bonchev–Trinajstić information content (AvgIpc) is 2.74. The Morgan fingerprint density at radius 2 is 2.16 bits per heavy atom. The Morgan fingerprint density at radius 3 is 2.79 bits per heavy atom. The molecule has 1 aliphatic heterocycles. The molecule has 1 aliphatic rings. The highest BCUT2D eigenvalue weighted by Crippen LogP contribution is 2.38. The zero-order valence-electron chi connectivity index (χ0n) is 11.4. The zero-order chi connectivity index (χ0) is 13.7. The molecule has 0 aliphatic carbocycles. The van der Waals surface area contributed by atoms with Gasteiger partial charge in [0.05, 0.1) is 0 Å². The standard InChI is InChI=1S/C17H21FS/c1-13(8-10-15-6-4-3-5-7-15)9-11-16-12-17(18)14(2)19-16/h3-8,10,14,16-17H,1,9,11-12H2,2H3/b10-8+. The third kappa shape index (κ3) is 4.54. The number of hydrogen-bond donors (Lipinski definition) is 0. The van der Waals surface area contributed by atoms with Crippen LogP contribution in [0, 0.1) is 0 Å². The van der Waals surface area contributed by atoms with Crippen molar-refractivity contribution in [1.29, 1.82) is 0 Å². The van der Waals surface area contributed by atoms with Crippen LogP contribution in [0.2, 0.25) is 0 Å². The third-order valence-electron chi connectivity index (χ3n) is 3.50. The summed E-state index contributed by atoms with van der Waals surface area (Å²) >= 11 is 1.79. The lowest BCUT2D eigenvalue weighted by Crippen LogP contribution is -2.06. The summed E-state index contributed by atoms with van der Waals surface area (Å²) in [4.78, 5) is 0. The number of alkyl halides is 1. The molecule has 0 aromatic heterocycles. The van der Waals surface area contributed by atoms with Crippen LogP contribution in [0.3, 0.4) is 0 Å². The van der Waals surface area contributed by atoms with E-state index >= 15 is 0 Å². The summed E-state index contributed by atoms with van der Waals surface area (Å²) in [6.07, 6.45) is 6.24. The Hall–Kier alpha value is -1.02. The molecule has 102 valence electrons. The predicted octanol–water partition coefficient (Wildman–Crippen LogP) is 5.27. The monoisotopic (exact) mass is 276 g/mol. The molecule has 19 heavy (non-hydrogen) atoms. The molecule has 0 bridgehead atoms. The van der Waals surface area contributed by atoms with Crippen molar-refractivity contribution >= 4 is 17.8 Å². The molecule has 0 nitrogen and oxygen atoms in total. The maximum absolute atomic E-state index is 13.4. The second-order valence-corrected chi connectivity index (χ2v) is 6.84. The molecule has 2 heteroatoms. The van der Waals surface area contributed by atoms with E-state index in [0.717, 1.165) is 18.4 Å². The summed E-state index contributed by atoms with van der Waals surface area (Å²) in [5, 5.41) is 0.630. The summed E-state index contributed by atoms with van der Waals surface area (Å²) in [5.74, 6) is 0. The molecule has 1 saturated heterocycles. The fraction of sp³-hybridized carbons (Fsp3) is 0.412. The first-order valence-corrected chi connectivity index (χ1v) is 7.80. The molecular weight excluding hydrogens is 255 g/mol. The molecular formula is C17H21FS. The van der Waals surface area contributed by atoms with Gasteiger partial charge in [0, 0.05) is 10.5 Å². The van der Waals surface area contributed by atoms with Gasteiger partial charge >= 0.3 is 0 Å². The second-order valence-electron chi connectivity index (χ2n) is 5.16. The van der Waals surface area contributed by atoms with Crippen LogP contribution in [-0.2, 0) is 0 Å². The van der Waals surface area contributed by atoms with Crippen molar-refractivity contribution in [2.24, 2.45) is 0 Å². The summed E-state index contributed by atoms with van der Waals surface area (Å²) < 4.78 is 13.4. The summed E-state index contributed by atoms with van der Waals surface area (Å²) in [7, 11) is 0. The highest BCUT2D eigenvalue weighted by Gasteiger charge is 2.31. The summed E-state index contributed by atoms with van der Waals surface area (Å²) in [6.45, 7) is 6.06. The second kappa shape index (κ2) is 6.95. The molecule has 0 saturated carbocycles. The zero-order valence-corrected chi connectivity index (χ0v) is 12.2. The third-order valence-corrected chi connectivity index (χ3v) is 5.04. The van der Waals surface area contributed by atoms with Crippen LogP contribution < -0.4 is 0 Å². The van der Waals surface area contributed by atoms with E-state index in [9.17, 15) is 4.39 Å². The van der Waals surface area contributed by atoms with Crippen LogP contribution in [0.15, 0.2) is 48.6 Å². The minimum absolute atomic E-state index is 0.165. The number of halogens is 1. The first-order valence-electron chi connectivity index (χ1n) is 6.85. The Balaban J connectivity index is 1.75. The van der Waals surface area contributed by atoms with Gasteiger partial charge in [0.15, 0.2) is 0 Å². The smallest absolute Gasteiger partial charge is 0.113 e. The molecule has 2 rings (SSSR count). The van der Waals surface area contributed by atoms with Gasteiger partial charge in [0.1, 0.15) is 6.17 Å². The molecule has 1 aromatic rings. The fourth-order valence-electron chi connectivity index (χ4n) is 2.28. The van der Waals surface area contributed by atoms with Gasteiger partial charge in [-0.2, -0.15) is 11.8 Å². The Morgan fingerprint density at radius 1 is 1.42 bits per heavy atom. The molecule has 0 N–H and O–H groups in total. The van der Waals surface area contributed by atoms with E-state index < -0.39 is 6.17 Å². The van der Waals surface area contributed by atoms with Crippen molar-refractivity contribution in [2.75, 3.05) is 0 Å². The average molecular weight is 276 g/mol. The van der Waals surface area contributed by atoms with Gasteiger partial charge in [-0.05, 0) is 24.8 Å². The normalized spacial score (nSPS) is 26.9. The quantitative estimate of drug-likeness (QED) is 0.660. The van der Waals surface area contributed by atoms with Gasteiger partial charge in [0.25, 0.3) is 0 Å². The molecule has 0 radical (unpaired) electrons. The lowest BCUT2D eigenvalue weighted by atomic mass is 10.0. The summed E-state index contributed by atoms with van der Waals surface area (Å²) in [6, 6.07) is 10.2. The Labute approximate surface area is 119 Å². The molecule has 3 unspecified atom stereocenters. The van der Waals surface area contributed by atoms with Crippen LogP contribution in [-0.4, -0.2) is 16.7 Å². The van der Waals surface area contributed by atoms with Gasteiger partial charge in [-0.15, -0.1) is 0 Å². The van der Waals surface area contributed by atoms with E-state index in [-0.39, 0.29) is 5.25 Å². The van der Waals surface area contributed by atoms with Gasteiger partial charge in [-0.1, -0.05) is 61.6 Å². The van der Waals surface area contributed by atoms with E-state index in [0.29, 0.717) is 11.7 Å². The number of hydrogen-bond acceptors (Lipinski definition) is 1. The van der Waals surface area contributed by atoms with Crippen molar-refractivity contribution in [3.05, 3.63) is 54.1 Å². The van der Waals surface area contributed by atoms with Crippen LogP contribution in [0.5, 0.6) is 0 Å².